The van der Waals surface area contributed by atoms with Gasteiger partial charge in [-0.1, -0.05) is 12.8 Å². The molecule has 0 radical (unpaired) electrons. The zero-order chi connectivity index (χ0) is 10.2. The smallest absolute Gasteiger partial charge is 0.321 e. The van der Waals surface area contributed by atoms with Gasteiger partial charge in [0, 0.05) is 0 Å². The third kappa shape index (κ3) is 12.5. The molecule has 80 valence electrons. The predicted molar refractivity (Wildman–Crippen MR) is 57.1 cm³/mol. The SMILES string of the molecule is CNCCCCCCOP(O)(O)=S. The second-order valence-corrected chi connectivity index (χ2v) is 5.51. The molecular weight excluding hydrogens is 209 g/mol. The van der Waals surface area contributed by atoms with Gasteiger partial charge >= 0.3 is 6.72 Å². The molecule has 0 aromatic rings. The first kappa shape index (κ1) is 13.5. The standard InChI is InChI=1S/C7H18NO3PS/c1-8-6-4-2-3-5-7-11-12(9,10)13/h8H,2-7H2,1H3,(H2,9,10,13). The third-order valence-electron chi connectivity index (χ3n) is 1.58. The van der Waals surface area contributed by atoms with Crippen LogP contribution in [0.3, 0.4) is 0 Å². The fraction of sp³-hybridized carbons (Fsp3) is 1.00. The highest BCUT2D eigenvalue weighted by molar-refractivity contribution is 8.06. The van der Waals surface area contributed by atoms with Crippen LogP contribution in [-0.2, 0) is 16.3 Å². The van der Waals surface area contributed by atoms with Crippen LogP contribution in [-0.4, -0.2) is 30.0 Å². The lowest BCUT2D eigenvalue weighted by atomic mass is 10.2. The second-order valence-electron chi connectivity index (χ2n) is 2.84. The Balaban J connectivity index is 3.04. The van der Waals surface area contributed by atoms with Gasteiger partial charge in [0.05, 0.1) is 6.61 Å². The monoisotopic (exact) mass is 227 g/mol. The Labute approximate surface area is 84.6 Å². The Bertz CT molecular complexity index is 162. The van der Waals surface area contributed by atoms with Crippen LogP contribution in [0.4, 0.5) is 0 Å². The highest BCUT2D eigenvalue weighted by Gasteiger charge is 2.05. The lowest BCUT2D eigenvalue weighted by Crippen LogP contribution is -2.07. The van der Waals surface area contributed by atoms with Gasteiger partial charge in [0.2, 0.25) is 0 Å². The minimum absolute atomic E-state index is 0.351. The zero-order valence-electron chi connectivity index (χ0n) is 7.90. The molecule has 3 N–H and O–H groups in total. The van der Waals surface area contributed by atoms with Crippen LogP contribution >= 0.6 is 6.72 Å². The number of hydrogen-bond donors (Lipinski definition) is 3. The zero-order valence-corrected chi connectivity index (χ0v) is 9.61. The van der Waals surface area contributed by atoms with Gasteiger partial charge in [0.15, 0.2) is 0 Å². The maximum Gasteiger partial charge on any atom is 0.321 e. The van der Waals surface area contributed by atoms with Crippen molar-refractivity contribution < 1.29 is 14.3 Å². The second kappa shape index (κ2) is 7.85. The lowest BCUT2D eigenvalue weighted by Gasteiger charge is -2.07. The van der Waals surface area contributed by atoms with Crippen molar-refractivity contribution in [2.24, 2.45) is 0 Å². The van der Waals surface area contributed by atoms with E-state index in [1.54, 1.807) is 0 Å². The van der Waals surface area contributed by atoms with Crippen LogP contribution in [0.2, 0.25) is 0 Å². The molecule has 0 aromatic carbocycles. The predicted octanol–water partition coefficient (Wildman–Crippen LogP) is 0.992. The molecule has 0 unspecified atom stereocenters. The molecule has 0 heterocycles. The van der Waals surface area contributed by atoms with Gasteiger partial charge in [-0.3, -0.25) is 0 Å². The van der Waals surface area contributed by atoms with Crippen molar-refractivity contribution in [2.75, 3.05) is 20.2 Å². The summed E-state index contributed by atoms with van der Waals surface area (Å²) in [6.07, 6.45) is 4.15. The molecule has 0 saturated carbocycles. The Morgan fingerprint density at radius 1 is 1.23 bits per heavy atom. The van der Waals surface area contributed by atoms with Gasteiger partial charge in [0.25, 0.3) is 0 Å². The quantitative estimate of drug-likeness (QED) is 0.426. The van der Waals surface area contributed by atoms with E-state index < -0.39 is 6.72 Å². The van der Waals surface area contributed by atoms with E-state index >= 15 is 0 Å². The first-order chi connectivity index (χ1) is 6.06. The van der Waals surface area contributed by atoms with Gasteiger partial charge in [-0.05, 0) is 38.2 Å². The molecule has 0 aliphatic carbocycles. The molecule has 0 aromatic heterocycles. The average molecular weight is 227 g/mol. The maximum absolute atomic E-state index is 8.71. The number of hydrogen-bond acceptors (Lipinski definition) is 3. The first-order valence-electron chi connectivity index (χ1n) is 4.41. The van der Waals surface area contributed by atoms with Crippen molar-refractivity contribution in [3.63, 3.8) is 0 Å². The number of unbranched alkanes of at least 4 members (excludes halogenated alkanes) is 3. The highest BCUT2D eigenvalue weighted by Crippen LogP contribution is 2.36. The van der Waals surface area contributed by atoms with E-state index in [9.17, 15) is 0 Å². The largest absolute Gasteiger partial charge is 0.325 e. The molecule has 0 amide bonds. The van der Waals surface area contributed by atoms with Gasteiger partial charge < -0.3 is 19.6 Å². The summed E-state index contributed by atoms with van der Waals surface area (Å²) in [7, 11) is 1.93. The Morgan fingerprint density at radius 3 is 2.38 bits per heavy atom. The van der Waals surface area contributed by atoms with E-state index in [2.05, 4.69) is 21.6 Å². The van der Waals surface area contributed by atoms with Crippen LogP contribution in [0.25, 0.3) is 0 Å². The molecule has 0 rings (SSSR count). The summed E-state index contributed by atoms with van der Waals surface area (Å²) in [5.41, 5.74) is 0. The third-order valence-corrected chi connectivity index (χ3v) is 2.42. The summed E-state index contributed by atoms with van der Waals surface area (Å²) in [4.78, 5) is 17.4. The van der Waals surface area contributed by atoms with Crippen molar-refractivity contribution in [1.29, 1.82) is 0 Å². The van der Waals surface area contributed by atoms with Crippen molar-refractivity contribution >= 4 is 18.5 Å². The summed E-state index contributed by atoms with van der Waals surface area (Å²) in [5, 5.41) is 3.06. The van der Waals surface area contributed by atoms with Crippen LogP contribution in [0.1, 0.15) is 25.7 Å². The van der Waals surface area contributed by atoms with Crippen molar-refractivity contribution in [3.05, 3.63) is 0 Å². The molecule has 0 saturated heterocycles. The molecule has 0 fully saturated rings. The van der Waals surface area contributed by atoms with E-state index in [0.717, 1.165) is 32.2 Å². The van der Waals surface area contributed by atoms with Gasteiger partial charge in [-0.2, -0.15) is 0 Å². The molecular formula is C7H18NO3PS. The maximum atomic E-state index is 8.71. The van der Waals surface area contributed by atoms with E-state index in [1.807, 2.05) is 7.05 Å². The fourth-order valence-corrected chi connectivity index (χ4v) is 1.53. The van der Waals surface area contributed by atoms with Gasteiger partial charge in [-0.25, -0.2) is 0 Å². The first-order valence-corrected chi connectivity index (χ1v) is 7.03. The summed E-state index contributed by atoms with van der Waals surface area (Å²) in [6.45, 7) is -2.03. The summed E-state index contributed by atoms with van der Waals surface area (Å²) in [6, 6.07) is 0. The number of nitrogens with one attached hydrogen (secondary N) is 1. The van der Waals surface area contributed by atoms with E-state index in [4.69, 9.17) is 9.79 Å². The van der Waals surface area contributed by atoms with Crippen molar-refractivity contribution in [2.45, 2.75) is 25.7 Å². The molecule has 0 spiro atoms. The Kier molecular flexibility index (Phi) is 8.15. The Hall–Kier alpha value is 0.490. The van der Waals surface area contributed by atoms with E-state index in [1.165, 1.54) is 0 Å². The number of rotatable bonds is 8. The van der Waals surface area contributed by atoms with Crippen LogP contribution in [0.5, 0.6) is 0 Å². The molecule has 0 atom stereocenters. The molecule has 13 heavy (non-hydrogen) atoms. The highest BCUT2D eigenvalue weighted by atomic mass is 32.5. The molecule has 6 heteroatoms. The Morgan fingerprint density at radius 2 is 1.85 bits per heavy atom. The topological polar surface area (TPSA) is 61.7 Å². The minimum Gasteiger partial charge on any atom is -0.325 e. The summed E-state index contributed by atoms with van der Waals surface area (Å²) < 4.78 is 4.66. The fourth-order valence-electron chi connectivity index (χ4n) is 0.941. The van der Waals surface area contributed by atoms with Crippen molar-refractivity contribution in [1.82, 2.24) is 5.32 Å². The van der Waals surface area contributed by atoms with Crippen molar-refractivity contribution in [3.8, 4) is 0 Å². The van der Waals surface area contributed by atoms with E-state index in [-0.39, 0.29) is 0 Å². The van der Waals surface area contributed by atoms with Gasteiger partial charge in [-0.15, -0.1) is 0 Å². The van der Waals surface area contributed by atoms with Crippen LogP contribution in [0.15, 0.2) is 0 Å². The van der Waals surface area contributed by atoms with Crippen LogP contribution in [0, 0.1) is 0 Å². The van der Waals surface area contributed by atoms with Gasteiger partial charge in [0.1, 0.15) is 0 Å². The lowest BCUT2D eigenvalue weighted by molar-refractivity contribution is 0.245. The summed E-state index contributed by atoms with van der Waals surface area (Å²) in [5.74, 6) is 0. The minimum atomic E-state index is -3.41. The average Bonchev–Trinajstić information content (AvgIpc) is 2.01. The molecule has 4 nitrogen and oxygen atoms in total. The van der Waals surface area contributed by atoms with Crippen LogP contribution < -0.4 is 5.32 Å². The molecule has 0 aliphatic rings. The molecule has 0 aliphatic heterocycles. The normalized spacial score (nSPS) is 11.9. The van der Waals surface area contributed by atoms with E-state index in [0.29, 0.717) is 6.61 Å². The molecule has 0 bridgehead atoms. The summed E-state index contributed by atoms with van der Waals surface area (Å²) >= 11 is 4.29.